The van der Waals surface area contributed by atoms with Crippen LogP contribution in [0.3, 0.4) is 0 Å². The fourth-order valence-electron chi connectivity index (χ4n) is 3.11. The third-order valence-corrected chi connectivity index (χ3v) is 5.10. The summed E-state index contributed by atoms with van der Waals surface area (Å²) in [5, 5.41) is 16.1. The molecule has 7 nitrogen and oxygen atoms in total. The predicted octanol–water partition coefficient (Wildman–Crippen LogP) is 2.15. The number of rotatable bonds is 4. The maximum absolute atomic E-state index is 12.7. The summed E-state index contributed by atoms with van der Waals surface area (Å²) >= 11 is 1.38. The molecule has 0 saturated carbocycles. The lowest BCUT2D eigenvalue weighted by Gasteiger charge is -2.15. The second-order valence-corrected chi connectivity index (χ2v) is 6.40. The molecule has 0 saturated heterocycles. The number of aromatic nitrogens is 4. The van der Waals surface area contributed by atoms with Crippen molar-refractivity contribution in [2.45, 2.75) is 18.9 Å². The molecule has 3 aromatic rings. The molecule has 0 spiro atoms. The molecule has 0 fully saturated rings. The number of hydrogen-bond acceptors (Lipinski definition) is 6. The maximum Gasteiger partial charge on any atom is 0.264 e. The quantitative estimate of drug-likeness (QED) is 0.786. The minimum atomic E-state index is -0.115. The highest BCUT2D eigenvalue weighted by molar-refractivity contribution is 7.12. The second-order valence-electron chi connectivity index (χ2n) is 5.48. The maximum atomic E-state index is 12.7. The van der Waals surface area contributed by atoms with Gasteiger partial charge in [-0.05, 0) is 51.9 Å². The lowest BCUT2D eigenvalue weighted by molar-refractivity contribution is 0.0940. The predicted molar refractivity (Wildman–Crippen MR) is 88.6 cm³/mol. The van der Waals surface area contributed by atoms with E-state index >= 15 is 0 Å². The van der Waals surface area contributed by atoms with Crippen LogP contribution in [0.2, 0.25) is 0 Å². The van der Waals surface area contributed by atoms with Gasteiger partial charge in [-0.2, -0.15) is 4.68 Å². The summed E-state index contributed by atoms with van der Waals surface area (Å²) in [6.07, 6.45) is 3.25. The summed E-state index contributed by atoms with van der Waals surface area (Å²) in [5.74, 6) is 0.769. The van der Waals surface area contributed by atoms with E-state index in [1.165, 1.54) is 27.9 Å². The Morgan fingerprint density at radius 3 is 3.12 bits per heavy atom. The Morgan fingerprint density at radius 2 is 2.33 bits per heavy atom. The van der Waals surface area contributed by atoms with Crippen molar-refractivity contribution in [3.05, 3.63) is 52.0 Å². The Morgan fingerprint density at radius 1 is 1.42 bits per heavy atom. The molecule has 0 bridgehead atoms. The van der Waals surface area contributed by atoms with Crippen LogP contribution in [-0.2, 0) is 6.42 Å². The highest BCUT2D eigenvalue weighted by Gasteiger charge is 2.27. The van der Waals surface area contributed by atoms with Crippen molar-refractivity contribution >= 4 is 17.2 Å². The number of amides is 1. The third kappa shape index (κ3) is 2.44. The van der Waals surface area contributed by atoms with Gasteiger partial charge in [0.2, 0.25) is 0 Å². The first-order valence-corrected chi connectivity index (χ1v) is 8.43. The van der Waals surface area contributed by atoms with Gasteiger partial charge in [-0.15, -0.1) is 16.4 Å². The van der Waals surface area contributed by atoms with Crippen LogP contribution in [0.4, 0.5) is 0 Å². The van der Waals surface area contributed by atoms with Crippen molar-refractivity contribution in [1.82, 2.24) is 25.5 Å². The zero-order valence-electron chi connectivity index (χ0n) is 13.0. The van der Waals surface area contributed by atoms with E-state index in [4.69, 9.17) is 4.74 Å². The summed E-state index contributed by atoms with van der Waals surface area (Å²) < 4.78 is 6.91. The average Bonchev–Trinajstić information content (AvgIpc) is 3.34. The molecule has 2 heterocycles. The molecule has 1 amide bonds. The fraction of sp³-hybridized carbons (Fsp3) is 0.250. The lowest BCUT2D eigenvalue weighted by Crippen LogP contribution is -2.27. The molecule has 1 unspecified atom stereocenters. The van der Waals surface area contributed by atoms with E-state index < -0.39 is 0 Å². The van der Waals surface area contributed by atoms with Crippen molar-refractivity contribution in [3.8, 4) is 11.4 Å². The number of nitrogens with one attached hydrogen (secondary N) is 1. The van der Waals surface area contributed by atoms with Crippen LogP contribution in [0.5, 0.6) is 5.75 Å². The van der Waals surface area contributed by atoms with Crippen LogP contribution in [-0.4, -0.2) is 33.2 Å². The average molecular weight is 341 g/mol. The summed E-state index contributed by atoms with van der Waals surface area (Å²) in [5.41, 5.74) is 2.99. The van der Waals surface area contributed by atoms with Crippen LogP contribution in [0.1, 0.15) is 33.3 Å². The van der Waals surface area contributed by atoms with Gasteiger partial charge in [0, 0.05) is 0 Å². The van der Waals surface area contributed by atoms with Crippen LogP contribution in [0.15, 0.2) is 36.0 Å². The molecule has 1 aliphatic carbocycles. The number of thiophene rings is 1. The molecular weight excluding hydrogens is 326 g/mol. The smallest absolute Gasteiger partial charge is 0.264 e. The molecule has 2 aromatic heterocycles. The normalized spacial score (nSPS) is 16.0. The minimum absolute atomic E-state index is 0.00794. The Bertz CT molecular complexity index is 874. The van der Waals surface area contributed by atoms with Crippen molar-refractivity contribution in [2.75, 3.05) is 7.11 Å². The van der Waals surface area contributed by atoms with Crippen molar-refractivity contribution < 1.29 is 9.53 Å². The van der Waals surface area contributed by atoms with Crippen LogP contribution in [0.25, 0.3) is 5.69 Å². The standard InChI is InChI=1S/C16H15N5O2S/c1-23-14-4-2-3-10-11(14)5-6-12(10)18-16(22)15-13(7-8-24-15)21-9-17-19-20-21/h2-4,7-9,12H,5-6H2,1H3,(H,18,22). The van der Waals surface area contributed by atoms with E-state index in [9.17, 15) is 4.79 Å². The first-order chi connectivity index (χ1) is 11.8. The number of nitrogens with zero attached hydrogens (tertiary/aromatic N) is 4. The molecule has 1 aliphatic rings. The first-order valence-electron chi connectivity index (χ1n) is 7.55. The van der Waals surface area contributed by atoms with Gasteiger partial charge in [-0.25, -0.2) is 0 Å². The van der Waals surface area contributed by atoms with Gasteiger partial charge in [-0.1, -0.05) is 12.1 Å². The van der Waals surface area contributed by atoms with Crippen LogP contribution < -0.4 is 10.1 Å². The fourth-order valence-corrected chi connectivity index (χ4v) is 3.89. The molecule has 24 heavy (non-hydrogen) atoms. The summed E-state index contributed by atoms with van der Waals surface area (Å²) in [7, 11) is 1.67. The van der Waals surface area contributed by atoms with Crippen molar-refractivity contribution in [3.63, 3.8) is 0 Å². The van der Waals surface area contributed by atoms with Gasteiger partial charge in [-0.3, -0.25) is 4.79 Å². The largest absolute Gasteiger partial charge is 0.496 e. The Balaban J connectivity index is 1.59. The summed E-state index contributed by atoms with van der Waals surface area (Å²) in [4.78, 5) is 13.3. The van der Waals surface area contributed by atoms with Gasteiger partial charge in [0.25, 0.3) is 5.91 Å². The molecule has 4 rings (SSSR count). The Hall–Kier alpha value is -2.74. The topological polar surface area (TPSA) is 81.9 Å². The number of tetrazole rings is 1. The zero-order chi connectivity index (χ0) is 16.5. The van der Waals surface area contributed by atoms with E-state index in [0.29, 0.717) is 10.6 Å². The molecular formula is C16H15N5O2S. The lowest BCUT2D eigenvalue weighted by atomic mass is 10.1. The summed E-state index contributed by atoms with van der Waals surface area (Å²) in [6.45, 7) is 0. The Kier molecular flexibility index (Phi) is 3.73. The monoisotopic (exact) mass is 341 g/mol. The number of hydrogen-bond donors (Lipinski definition) is 1. The zero-order valence-corrected chi connectivity index (χ0v) is 13.8. The summed E-state index contributed by atoms with van der Waals surface area (Å²) in [6, 6.07) is 7.79. The first kappa shape index (κ1) is 14.8. The molecule has 0 radical (unpaired) electrons. The SMILES string of the molecule is COc1cccc2c1CCC2NC(=O)c1sccc1-n1cnnn1. The van der Waals surface area contributed by atoms with Gasteiger partial charge in [0.1, 0.15) is 17.0 Å². The van der Waals surface area contributed by atoms with Gasteiger partial charge < -0.3 is 10.1 Å². The van der Waals surface area contributed by atoms with E-state index in [2.05, 4.69) is 20.8 Å². The number of ether oxygens (including phenoxy) is 1. The van der Waals surface area contributed by atoms with Crippen LogP contribution in [0, 0.1) is 0 Å². The number of methoxy groups -OCH3 is 1. The highest BCUT2D eigenvalue weighted by Crippen LogP contribution is 2.37. The number of benzene rings is 1. The molecule has 1 N–H and O–H groups in total. The van der Waals surface area contributed by atoms with Gasteiger partial charge in [0.05, 0.1) is 18.8 Å². The highest BCUT2D eigenvalue weighted by atomic mass is 32.1. The van der Waals surface area contributed by atoms with E-state index in [-0.39, 0.29) is 11.9 Å². The van der Waals surface area contributed by atoms with Gasteiger partial charge in [0.15, 0.2) is 0 Å². The minimum Gasteiger partial charge on any atom is -0.496 e. The van der Waals surface area contributed by atoms with E-state index in [0.717, 1.165) is 24.2 Å². The molecule has 8 heteroatoms. The molecule has 1 atom stereocenters. The molecule has 122 valence electrons. The Labute approximate surface area is 142 Å². The van der Waals surface area contributed by atoms with Crippen LogP contribution >= 0.6 is 11.3 Å². The van der Waals surface area contributed by atoms with Crippen molar-refractivity contribution in [2.24, 2.45) is 0 Å². The molecule has 1 aromatic carbocycles. The van der Waals surface area contributed by atoms with E-state index in [1.54, 1.807) is 7.11 Å². The number of carbonyl (C=O) groups excluding carboxylic acids is 1. The molecule has 0 aliphatic heterocycles. The van der Waals surface area contributed by atoms with Gasteiger partial charge >= 0.3 is 0 Å². The second kappa shape index (κ2) is 6.04. The number of fused-ring (bicyclic) bond motifs is 1. The third-order valence-electron chi connectivity index (χ3n) is 4.20. The van der Waals surface area contributed by atoms with E-state index in [1.807, 2.05) is 29.6 Å². The number of carbonyl (C=O) groups is 1. The van der Waals surface area contributed by atoms with Crippen molar-refractivity contribution in [1.29, 1.82) is 0 Å².